The van der Waals surface area contributed by atoms with Gasteiger partial charge in [0, 0.05) is 23.3 Å². The highest BCUT2D eigenvalue weighted by molar-refractivity contribution is 5.91. The number of rotatable bonds is 3. The van der Waals surface area contributed by atoms with Gasteiger partial charge in [0.25, 0.3) is 0 Å². The van der Waals surface area contributed by atoms with Crippen molar-refractivity contribution >= 4 is 22.7 Å². The smallest absolute Gasteiger partial charge is 0.410 e. The number of aromatic nitrogens is 2. The number of pyridine rings is 2. The molecule has 0 atom stereocenters. The first-order chi connectivity index (χ1) is 13.0. The molecule has 1 fully saturated rings. The molecule has 27 heavy (non-hydrogen) atoms. The van der Waals surface area contributed by atoms with E-state index >= 15 is 0 Å². The van der Waals surface area contributed by atoms with E-state index in [-0.39, 0.29) is 0 Å². The average molecular weight is 369 g/mol. The maximum Gasteiger partial charge on any atom is 0.410 e. The summed E-state index contributed by atoms with van der Waals surface area (Å²) in [6.45, 7) is 2.00. The fourth-order valence-corrected chi connectivity index (χ4v) is 2.58. The molecule has 0 bridgehead atoms. The third-order valence-electron chi connectivity index (χ3n) is 4.07. The molecule has 0 saturated heterocycles. The summed E-state index contributed by atoms with van der Waals surface area (Å²) >= 11 is 0. The Labute approximate surface area is 156 Å². The van der Waals surface area contributed by atoms with Crippen LogP contribution in [-0.2, 0) is 0 Å². The van der Waals surface area contributed by atoms with Crippen LogP contribution in [0.25, 0.3) is 21.9 Å². The number of carbonyl (C=O) groups is 1. The monoisotopic (exact) mass is 369 g/mol. The molecule has 0 aliphatic heterocycles. The van der Waals surface area contributed by atoms with Gasteiger partial charge in [-0.2, -0.15) is 0 Å². The van der Waals surface area contributed by atoms with Gasteiger partial charge in [-0.05, 0) is 54.5 Å². The highest BCUT2D eigenvalue weighted by Gasteiger charge is 2.18. The van der Waals surface area contributed by atoms with E-state index in [2.05, 4.69) is 15.3 Å². The molecule has 0 unspecified atom stereocenters. The lowest BCUT2D eigenvalue weighted by atomic mass is 9.99. The fraction of sp³-hybridized carbons (Fsp3) is 0.250. The summed E-state index contributed by atoms with van der Waals surface area (Å²) in [7, 11) is 1.59. The van der Waals surface area contributed by atoms with E-state index < -0.39 is 12.3 Å². The molecule has 1 aliphatic rings. The molecular weight excluding hydrogens is 349 g/mol. The standard InChI is InChI=1S/C17H15N3O3.C3H5F/c1-10-5-6-18-16(23-2)15(10)12-4-3-11-8-14(20-17(21)22)19-9-13(11)7-12;4-3-1-2-3/h3-9H,1-2H3,(H,19,20)(H,21,22);3H,1-2H2. The van der Waals surface area contributed by atoms with Crippen molar-refractivity contribution in [2.45, 2.75) is 25.9 Å². The van der Waals surface area contributed by atoms with Crippen LogP contribution in [0.5, 0.6) is 5.88 Å². The summed E-state index contributed by atoms with van der Waals surface area (Å²) in [5, 5.41) is 12.8. The predicted octanol–water partition coefficient (Wildman–Crippen LogP) is 4.82. The van der Waals surface area contributed by atoms with Gasteiger partial charge in [-0.3, -0.25) is 5.32 Å². The lowest BCUT2D eigenvalue weighted by Crippen LogP contribution is -2.08. The summed E-state index contributed by atoms with van der Waals surface area (Å²) in [6.07, 6.45) is 3.44. The van der Waals surface area contributed by atoms with E-state index in [0.29, 0.717) is 11.7 Å². The lowest BCUT2D eigenvalue weighted by molar-refractivity contribution is 0.209. The topological polar surface area (TPSA) is 84.3 Å². The first kappa shape index (κ1) is 18.6. The van der Waals surface area contributed by atoms with Crippen LogP contribution in [0.15, 0.2) is 42.7 Å². The Hall–Kier alpha value is -3.22. The Morgan fingerprint density at radius 2 is 1.96 bits per heavy atom. The van der Waals surface area contributed by atoms with Crippen molar-refractivity contribution in [3.8, 4) is 17.0 Å². The van der Waals surface area contributed by atoms with Crippen LogP contribution < -0.4 is 10.1 Å². The zero-order chi connectivity index (χ0) is 19.4. The Morgan fingerprint density at radius 1 is 1.22 bits per heavy atom. The summed E-state index contributed by atoms with van der Waals surface area (Å²) in [4.78, 5) is 19.0. The van der Waals surface area contributed by atoms with Crippen molar-refractivity contribution in [2.24, 2.45) is 0 Å². The number of alkyl halides is 1. The minimum atomic E-state index is -1.14. The number of methoxy groups -OCH3 is 1. The molecule has 4 rings (SSSR count). The Kier molecular flexibility index (Phi) is 5.49. The van der Waals surface area contributed by atoms with Crippen LogP contribution in [0.3, 0.4) is 0 Å². The average Bonchev–Trinajstić information content (AvgIpc) is 3.43. The van der Waals surface area contributed by atoms with Gasteiger partial charge in [-0.15, -0.1) is 0 Å². The molecule has 3 aromatic rings. The van der Waals surface area contributed by atoms with Crippen LogP contribution in [0.1, 0.15) is 18.4 Å². The second-order valence-corrected chi connectivity index (χ2v) is 6.25. The highest BCUT2D eigenvalue weighted by Crippen LogP contribution is 2.33. The van der Waals surface area contributed by atoms with Gasteiger partial charge in [0.15, 0.2) is 0 Å². The Bertz CT molecular complexity index is 974. The molecule has 1 amide bonds. The number of ether oxygens (including phenoxy) is 1. The second kappa shape index (κ2) is 7.99. The number of aryl methyl sites for hydroxylation is 1. The van der Waals surface area contributed by atoms with Gasteiger partial charge in [-0.25, -0.2) is 19.2 Å². The number of anilines is 1. The summed E-state index contributed by atoms with van der Waals surface area (Å²) in [5.74, 6) is 0.870. The second-order valence-electron chi connectivity index (χ2n) is 6.25. The quantitative estimate of drug-likeness (QED) is 0.691. The number of nitrogens with one attached hydrogen (secondary N) is 1. The van der Waals surface area contributed by atoms with Crippen LogP contribution in [0.4, 0.5) is 15.0 Å². The fourth-order valence-electron chi connectivity index (χ4n) is 2.58. The highest BCUT2D eigenvalue weighted by atomic mass is 19.1. The normalized spacial score (nSPS) is 12.9. The first-order valence-corrected chi connectivity index (χ1v) is 8.51. The van der Waals surface area contributed by atoms with Crippen molar-refractivity contribution in [1.82, 2.24) is 9.97 Å². The third kappa shape index (κ3) is 4.69. The number of benzene rings is 1. The molecule has 1 aromatic carbocycles. The van der Waals surface area contributed by atoms with Crippen molar-refractivity contribution < 1.29 is 19.0 Å². The molecule has 0 spiro atoms. The number of hydrogen-bond donors (Lipinski definition) is 2. The number of carboxylic acid groups (broad SMARTS) is 1. The maximum atomic E-state index is 11.1. The van der Waals surface area contributed by atoms with Gasteiger partial charge in [0.2, 0.25) is 5.88 Å². The molecule has 7 heteroatoms. The van der Waals surface area contributed by atoms with E-state index in [1.807, 2.05) is 31.2 Å². The molecule has 2 N–H and O–H groups in total. The van der Waals surface area contributed by atoms with Gasteiger partial charge in [0.1, 0.15) is 12.0 Å². The van der Waals surface area contributed by atoms with Crippen LogP contribution in [0, 0.1) is 6.92 Å². The van der Waals surface area contributed by atoms with Crippen molar-refractivity contribution in [2.75, 3.05) is 12.4 Å². The number of fused-ring (bicyclic) bond motifs is 1. The summed E-state index contributed by atoms with van der Waals surface area (Å²) in [5.41, 5.74) is 2.97. The lowest BCUT2D eigenvalue weighted by Gasteiger charge is -2.11. The number of halogens is 1. The van der Waals surface area contributed by atoms with Crippen LogP contribution in [0.2, 0.25) is 0 Å². The molecule has 0 radical (unpaired) electrons. The molecular formula is C20H20FN3O3. The van der Waals surface area contributed by atoms with Gasteiger partial charge < -0.3 is 9.84 Å². The van der Waals surface area contributed by atoms with Gasteiger partial charge in [-0.1, -0.05) is 12.1 Å². The Morgan fingerprint density at radius 3 is 2.59 bits per heavy atom. The minimum absolute atomic E-state index is 0.299. The largest absolute Gasteiger partial charge is 0.481 e. The van der Waals surface area contributed by atoms with Crippen molar-refractivity contribution in [1.29, 1.82) is 0 Å². The SMILES string of the molecule is COc1nccc(C)c1-c1ccc2cc(NC(=O)O)ncc2c1.FC1CC1. The van der Waals surface area contributed by atoms with E-state index in [9.17, 15) is 9.18 Å². The van der Waals surface area contributed by atoms with Crippen LogP contribution >= 0.6 is 0 Å². The van der Waals surface area contributed by atoms with Gasteiger partial charge >= 0.3 is 6.09 Å². The van der Waals surface area contributed by atoms with Crippen molar-refractivity contribution in [3.05, 3.63) is 48.3 Å². The first-order valence-electron chi connectivity index (χ1n) is 8.51. The number of nitrogens with zero attached hydrogens (tertiary/aromatic N) is 2. The van der Waals surface area contributed by atoms with E-state index in [1.54, 1.807) is 25.6 Å². The zero-order valence-corrected chi connectivity index (χ0v) is 15.1. The van der Waals surface area contributed by atoms with E-state index in [0.717, 1.165) is 40.3 Å². The molecule has 1 aliphatic carbocycles. The van der Waals surface area contributed by atoms with Crippen molar-refractivity contribution in [3.63, 3.8) is 0 Å². The molecule has 6 nitrogen and oxygen atoms in total. The predicted molar refractivity (Wildman–Crippen MR) is 102 cm³/mol. The third-order valence-corrected chi connectivity index (χ3v) is 4.07. The van der Waals surface area contributed by atoms with E-state index in [1.165, 1.54) is 0 Å². The number of hydrogen-bond acceptors (Lipinski definition) is 4. The number of amides is 1. The Balaban J connectivity index is 0.000000466. The summed E-state index contributed by atoms with van der Waals surface area (Å²) in [6, 6.07) is 9.49. The molecule has 140 valence electrons. The molecule has 2 aromatic heterocycles. The maximum absolute atomic E-state index is 11.1. The van der Waals surface area contributed by atoms with E-state index in [4.69, 9.17) is 9.84 Å². The summed E-state index contributed by atoms with van der Waals surface area (Å²) < 4.78 is 16.5. The molecule has 1 saturated carbocycles. The van der Waals surface area contributed by atoms with Crippen LogP contribution in [-0.4, -0.2) is 34.4 Å². The van der Waals surface area contributed by atoms with Gasteiger partial charge in [0.05, 0.1) is 7.11 Å². The minimum Gasteiger partial charge on any atom is -0.481 e. The zero-order valence-electron chi connectivity index (χ0n) is 15.1. The molecule has 2 heterocycles.